The van der Waals surface area contributed by atoms with E-state index in [1.165, 1.54) is 5.32 Å². The Morgan fingerprint density at radius 3 is 2.44 bits per heavy atom. The summed E-state index contributed by atoms with van der Waals surface area (Å²) in [4.78, 5) is 11.6. The molecule has 108 valence electrons. The molecule has 0 spiro atoms. The number of nitrogens with two attached hydrogens (primary N) is 1. The lowest BCUT2D eigenvalue weighted by Gasteiger charge is -2.18. The molecule has 0 rings (SSSR count). The highest BCUT2D eigenvalue weighted by Crippen LogP contribution is 2.05. The molecule has 0 saturated heterocycles. The molecule has 0 fully saturated rings. The topological polar surface area (TPSA) is 75.9 Å². The summed E-state index contributed by atoms with van der Waals surface area (Å²) in [6.45, 7) is 9.78. The van der Waals surface area contributed by atoms with Gasteiger partial charge in [0.2, 0.25) is 0 Å². The van der Waals surface area contributed by atoms with Crippen molar-refractivity contribution in [1.29, 1.82) is 0 Å². The van der Waals surface area contributed by atoms with Crippen molar-refractivity contribution < 1.29 is 24.7 Å². The Morgan fingerprint density at radius 2 is 2.00 bits per heavy atom. The van der Waals surface area contributed by atoms with E-state index in [0.29, 0.717) is 0 Å². The molecule has 5 heteroatoms. The van der Waals surface area contributed by atoms with Crippen molar-refractivity contribution in [2.24, 2.45) is 0 Å². The van der Waals surface area contributed by atoms with Crippen LogP contribution in [0.2, 0.25) is 0 Å². The van der Waals surface area contributed by atoms with Gasteiger partial charge in [-0.2, -0.15) is 5.32 Å². The summed E-state index contributed by atoms with van der Waals surface area (Å²) in [6, 6.07) is 0. The number of aliphatic hydroxyl groups is 3. The molecule has 0 aliphatic carbocycles. The standard InChI is InChI=1S/C13H27NO4/c1-6-8-10(7-2)17-9-11(15)14-12(16)18-13(3,4)5/h10,12,16H,6-9H2,1-5H3,(H,14,15)/p+2. The molecule has 0 aliphatic heterocycles. The molecule has 0 heterocycles. The lowest BCUT2D eigenvalue weighted by atomic mass is 10.2. The second kappa shape index (κ2) is 8.58. The van der Waals surface area contributed by atoms with E-state index in [1.54, 1.807) is 0 Å². The van der Waals surface area contributed by atoms with Gasteiger partial charge in [-0.05, 0) is 12.8 Å². The zero-order valence-corrected chi connectivity index (χ0v) is 12.3. The van der Waals surface area contributed by atoms with Crippen molar-refractivity contribution in [1.82, 2.24) is 0 Å². The second-order valence-corrected chi connectivity index (χ2v) is 5.48. The zero-order valence-electron chi connectivity index (χ0n) is 12.3. The Labute approximate surface area is 110 Å². The number of aliphatic hydroxyl groups excluding tert-OH is 1. The minimum atomic E-state index is -1.05. The van der Waals surface area contributed by atoms with E-state index in [-0.39, 0.29) is 24.2 Å². The van der Waals surface area contributed by atoms with Crippen molar-refractivity contribution >= 4 is 5.91 Å². The Morgan fingerprint density at radius 1 is 1.39 bits per heavy atom. The van der Waals surface area contributed by atoms with Crippen LogP contribution in [0.1, 0.15) is 53.9 Å². The number of carbonyl (C=O) groups is 1. The number of primary amides is 1. The van der Waals surface area contributed by atoms with Gasteiger partial charge in [-0.25, -0.2) is 4.79 Å². The molecule has 18 heavy (non-hydrogen) atoms. The molecular weight excluding hydrogens is 234 g/mol. The maximum absolute atomic E-state index is 11.6. The third-order valence-electron chi connectivity index (χ3n) is 2.38. The first-order valence-electron chi connectivity index (χ1n) is 6.67. The van der Waals surface area contributed by atoms with Crippen LogP contribution in [0.5, 0.6) is 0 Å². The van der Waals surface area contributed by atoms with Crippen LogP contribution >= 0.6 is 0 Å². The number of quaternary nitrogens is 1. The van der Waals surface area contributed by atoms with E-state index < -0.39 is 6.41 Å². The summed E-state index contributed by atoms with van der Waals surface area (Å²) in [5.41, 5.74) is -0.356. The van der Waals surface area contributed by atoms with Crippen LogP contribution in [0.3, 0.4) is 0 Å². The smallest absolute Gasteiger partial charge is 0.364 e. The fourth-order valence-corrected chi connectivity index (χ4v) is 1.58. The molecule has 0 aliphatic rings. The van der Waals surface area contributed by atoms with Gasteiger partial charge in [-0.1, -0.05) is 20.3 Å². The average Bonchev–Trinajstić information content (AvgIpc) is 2.21. The van der Waals surface area contributed by atoms with Crippen LogP contribution < -0.4 is 5.32 Å². The van der Waals surface area contributed by atoms with Gasteiger partial charge in [0.15, 0.2) is 12.2 Å². The van der Waals surface area contributed by atoms with Gasteiger partial charge in [0.25, 0.3) is 0 Å². The van der Waals surface area contributed by atoms with Crippen molar-refractivity contribution in [3.63, 3.8) is 0 Å². The zero-order chi connectivity index (χ0) is 14.2. The molecule has 0 saturated carbocycles. The van der Waals surface area contributed by atoms with E-state index in [4.69, 9.17) is 4.74 Å². The van der Waals surface area contributed by atoms with Crippen LogP contribution in [0.15, 0.2) is 0 Å². The van der Waals surface area contributed by atoms with Gasteiger partial charge in [0.05, 0.1) is 6.10 Å². The van der Waals surface area contributed by atoms with Gasteiger partial charge in [-0.3, -0.25) is 5.11 Å². The predicted molar refractivity (Wildman–Crippen MR) is 69.9 cm³/mol. The highest BCUT2D eigenvalue weighted by Gasteiger charge is 2.26. The first kappa shape index (κ1) is 17.5. The van der Waals surface area contributed by atoms with Gasteiger partial charge in [-0.15, -0.1) is 0 Å². The number of carbonyl (C=O) groups excluding carboxylic acids is 1. The number of rotatable bonds is 8. The van der Waals surface area contributed by atoms with E-state index in [2.05, 4.69) is 11.7 Å². The maximum Gasteiger partial charge on any atom is 0.411 e. The van der Waals surface area contributed by atoms with Crippen molar-refractivity contribution in [2.45, 2.75) is 72.0 Å². The summed E-state index contributed by atoms with van der Waals surface area (Å²) in [6.07, 6.45) is 1.98. The minimum absolute atomic E-state index is 0.0230. The Hall–Kier alpha value is -0.490. The molecule has 2 atom stereocenters. The number of ether oxygens (including phenoxy) is 2. The number of hydrogen-bond donors (Lipinski definition) is 2. The molecule has 0 aromatic rings. The fraction of sp³-hybridized carbons (Fsp3) is 0.923. The lowest BCUT2D eigenvalue weighted by Crippen LogP contribution is -2.96. The van der Waals surface area contributed by atoms with E-state index >= 15 is 0 Å². The number of hydrogen-bond acceptors (Lipinski definition) is 3. The first-order chi connectivity index (χ1) is 8.28. The van der Waals surface area contributed by atoms with Crippen molar-refractivity contribution in [3.05, 3.63) is 0 Å². The van der Waals surface area contributed by atoms with E-state index in [0.717, 1.165) is 19.3 Å². The lowest BCUT2D eigenvalue weighted by molar-refractivity contribution is -0.725. The Bertz CT molecular complexity index is 238. The largest absolute Gasteiger partial charge is 0.411 e. The van der Waals surface area contributed by atoms with Crippen LogP contribution in [0, 0.1) is 0 Å². The molecule has 2 unspecified atom stereocenters. The first-order valence-corrected chi connectivity index (χ1v) is 6.67. The monoisotopic (exact) mass is 263 g/mol. The highest BCUT2D eigenvalue weighted by atomic mass is 16.6. The third-order valence-corrected chi connectivity index (χ3v) is 2.38. The van der Waals surface area contributed by atoms with Crippen molar-refractivity contribution in [3.8, 4) is 0 Å². The molecule has 5 nitrogen and oxygen atoms in total. The van der Waals surface area contributed by atoms with Crippen LogP contribution in [0.25, 0.3) is 0 Å². The average molecular weight is 263 g/mol. The minimum Gasteiger partial charge on any atom is -0.364 e. The fourth-order valence-electron chi connectivity index (χ4n) is 1.58. The third kappa shape index (κ3) is 9.53. The van der Waals surface area contributed by atoms with Crippen LogP contribution in [-0.4, -0.2) is 40.5 Å². The molecule has 4 N–H and O–H groups in total. The maximum atomic E-state index is 11.6. The molecule has 0 bridgehead atoms. The second-order valence-electron chi connectivity index (χ2n) is 5.48. The highest BCUT2D eigenvalue weighted by molar-refractivity contribution is 5.66. The van der Waals surface area contributed by atoms with Crippen molar-refractivity contribution in [2.75, 3.05) is 6.61 Å². The molecule has 0 radical (unpaired) electrons. The molecular formula is C13H29NO4+2. The summed E-state index contributed by atoms with van der Waals surface area (Å²) in [7, 11) is 0. The molecule has 0 aromatic carbocycles. The quantitative estimate of drug-likeness (QED) is 0.487. The van der Waals surface area contributed by atoms with Gasteiger partial charge >= 0.3 is 12.3 Å². The molecule has 0 aromatic heterocycles. The van der Waals surface area contributed by atoms with Crippen LogP contribution in [-0.2, 0) is 9.53 Å². The summed E-state index contributed by atoms with van der Waals surface area (Å²) in [5.74, 6) is -0.218. The summed E-state index contributed by atoms with van der Waals surface area (Å²) >= 11 is 0. The van der Waals surface area contributed by atoms with E-state index in [1.807, 2.05) is 27.7 Å². The predicted octanol–water partition coefficient (Wildman–Crippen LogP) is 0.274. The van der Waals surface area contributed by atoms with Crippen LogP contribution in [0.4, 0.5) is 0 Å². The Kier molecular flexibility index (Phi) is 8.35. The van der Waals surface area contributed by atoms with Gasteiger partial charge < -0.3 is 9.47 Å². The summed E-state index contributed by atoms with van der Waals surface area (Å²) in [5, 5.41) is 10.8. The van der Waals surface area contributed by atoms with Gasteiger partial charge in [0, 0.05) is 20.8 Å². The van der Waals surface area contributed by atoms with Gasteiger partial charge in [0.1, 0.15) is 0 Å². The SMILES string of the molecule is CCCC(CC)OCC(=O)[NH2+]C(O)[OH+]C(C)(C)C. The summed E-state index contributed by atoms with van der Waals surface area (Å²) < 4.78 is 9.55. The van der Waals surface area contributed by atoms with E-state index in [9.17, 15) is 9.90 Å². The Balaban J connectivity index is 3.89. The normalized spacial score (nSPS) is 15.4. The molecule has 1 amide bonds. The number of amides is 1.